The summed E-state index contributed by atoms with van der Waals surface area (Å²) in [5.41, 5.74) is 39.6. The van der Waals surface area contributed by atoms with Crippen LogP contribution in [-0.4, -0.2) is 231 Å². The number of aliphatic imine (C=N–C) groups is 3. The van der Waals surface area contributed by atoms with Gasteiger partial charge in [0.15, 0.2) is 17.9 Å². The molecule has 4 fully saturated rings. The summed E-state index contributed by atoms with van der Waals surface area (Å²) in [6, 6.07) is 2.07. The molecule has 3 saturated heterocycles. The van der Waals surface area contributed by atoms with E-state index in [0.29, 0.717) is 24.1 Å². The number of fused-ring (bicyclic) bond motifs is 1. The summed E-state index contributed by atoms with van der Waals surface area (Å²) < 4.78 is 0. The van der Waals surface area contributed by atoms with Crippen LogP contribution in [0.3, 0.4) is 0 Å². The second kappa shape index (κ2) is 35.8. The molecular formula is C59H91N19O13S. The summed E-state index contributed by atoms with van der Waals surface area (Å²) in [5, 5.41) is 46.5. The van der Waals surface area contributed by atoms with Gasteiger partial charge in [-0.25, -0.2) is 4.79 Å². The molecule has 32 nitrogen and oxygen atoms in total. The maximum absolute atomic E-state index is 14.8. The molecule has 1 aromatic carbocycles. The number of nitrogens with two attached hydrogens (primary N) is 7. The highest BCUT2D eigenvalue weighted by Crippen LogP contribution is 2.40. The molecule has 4 heterocycles. The van der Waals surface area contributed by atoms with Crippen LogP contribution in [0.4, 0.5) is 0 Å². The van der Waals surface area contributed by atoms with E-state index in [2.05, 4.69) is 41.6 Å². The number of rotatable bonds is 34. The van der Waals surface area contributed by atoms with Gasteiger partial charge in [-0.3, -0.25) is 58.1 Å². The van der Waals surface area contributed by atoms with Crippen molar-refractivity contribution in [3.63, 3.8) is 0 Å². The molecule has 33 heteroatoms. The van der Waals surface area contributed by atoms with Crippen LogP contribution in [0.5, 0.6) is 0 Å². The molecule has 6 rings (SSSR count). The van der Waals surface area contributed by atoms with E-state index in [1.165, 1.54) is 26.0 Å². The van der Waals surface area contributed by atoms with Crippen molar-refractivity contribution in [2.24, 2.45) is 61.0 Å². The summed E-state index contributed by atoms with van der Waals surface area (Å²) >= 11 is 1.27. The van der Waals surface area contributed by atoms with Crippen molar-refractivity contribution in [1.82, 2.24) is 46.2 Å². The molecule has 9 amide bonds. The van der Waals surface area contributed by atoms with Gasteiger partial charge in [0.25, 0.3) is 0 Å². The number of carbonyl (C=O) groups excluding carboxylic acids is 9. The van der Waals surface area contributed by atoms with Gasteiger partial charge in [0, 0.05) is 63.0 Å². The van der Waals surface area contributed by atoms with Crippen LogP contribution in [0.15, 0.2) is 62.8 Å². The third-order valence-corrected chi connectivity index (χ3v) is 17.7. The number of likely N-dealkylation sites (tertiary alicyclic amines) is 3. The maximum atomic E-state index is 14.8. The molecular weight excluding hydrogens is 1210 g/mol. The van der Waals surface area contributed by atoms with Gasteiger partial charge < -0.3 is 102 Å². The lowest BCUT2D eigenvalue weighted by molar-refractivity contribution is -0.148. The molecule has 4 aliphatic rings. The highest BCUT2D eigenvalue weighted by Gasteiger charge is 2.49. The number of thiophene rings is 1. The fourth-order valence-electron chi connectivity index (χ4n) is 12.2. The van der Waals surface area contributed by atoms with E-state index < -0.39 is 133 Å². The number of aliphatic hydroxyl groups is 2. The summed E-state index contributed by atoms with van der Waals surface area (Å²) in [4.78, 5) is 158. The largest absolute Gasteiger partial charge is 0.480 e. The number of nitrogens with zero attached hydrogens (tertiary/aromatic N) is 7. The van der Waals surface area contributed by atoms with Crippen molar-refractivity contribution in [1.29, 1.82) is 0 Å². The first-order valence-electron chi connectivity index (χ1n) is 31.1. The SMILES string of the molecule is NC(N)=NCCC[C@@H](N)C(=O)N[C@@H](CCCN=C(N)N)C(=O)N1CCC[C@H]1C(=O)N1C[C@H](O)C[C@H]1C(=O)NCC(=O)N[C@@H](Cc1cccs1)C(=O)N[C@@H](CO)C(=O)N(CCc1ccccc1)CC(=O)N1C2CCCCC2C[C@H]1C(=O)N[C@@H](CCCN=C(N)N)C(=O)O. The van der Waals surface area contributed by atoms with Gasteiger partial charge in [0.05, 0.1) is 31.8 Å². The summed E-state index contributed by atoms with van der Waals surface area (Å²) in [5.74, 6) is -8.41. The molecule has 1 saturated carbocycles. The Balaban J connectivity index is 1.13. The molecule has 0 bridgehead atoms. The molecule has 92 heavy (non-hydrogen) atoms. The fraction of sp³-hybridized carbons (Fsp3) is 0.610. The van der Waals surface area contributed by atoms with Crippen LogP contribution in [0.25, 0.3) is 0 Å². The van der Waals surface area contributed by atoms with Crippen LogP contribution in [0.1, 0.15) is 100 Å². The number of hydrogen-bond acceptors (Lipinski definition) is 17. The molecule has 1 aliphatic carbocycles. The number of aliphatic hydroxyl groups excluding tert-OH is 2. The zero-order chi connectivity index (χ0) is 67.0. The second-order valence-electron chi connectivity index (χ2n) is 23.5. The Kier molecular flexibility index (Phi) is 28.2. The van der Waals surface area contributed by atoms with Gasteiger partial charge >= 0.3 is 5.97 Å². The number of β-amino-alcohol motifs (C(OH)–C–C–N with tert-alkyl or cyclic N) is 1. The van der Waals surface area contributed by atoms with Gasteiger partial charge in [0.2, 0.25) is 53.2 Å². The monoisotopic (exact) mass is 1310 g/mol. The first-order chi connectivity index (χ1) is 43.9. The fourth-order valence-corrected chi connectivity index (χ4v) is 13.0. The molecule has 22 N–H and O–H groups in total. The van der Waals surface area contributed by atoms with E-state index in [9.17, 15) is 63.3 Å². The van der Waals surface area contributed by atoms with Gasteiger partial charge in [-0.05, 0) is 100.0 Å². The van der Waals surface area contributed by atoms with E-state index >= 15 is 0 Å². The highest BCUT2D eigenvalue weighted by atomic mass is 32.1. The number of hydrogen-bond donors (Lipinski definition) is 15. The average molecular weight is 1310 g/mol. The highest BCUT2D eigenvalue weighted by molar-refractivity contribution is 7.09. The smallest absolute Gasteiger partial charge is 0.326 e. The topological polar surface area (TPSA) is 524 Å². The van der Waals surface area contributed by atoms with Crippen molar-refractivity contribution in [3.8, 4) is 0 Å². The predicted octanol–water partition coefficient (Wildman–Crippen LogP) is -4.91. The Morgan fingerprint density at radius 3 is 1.95 bits per heavy atom. The summed E-state index contributed by atoms with van der Waals surface area (Å²) in [6.07, 6.45) is 3.64. The molecule has 0 spiro atoms. The van der Waals surface area contributed by atoms with Gasteiger partial charge in [-0.1, -0.05) is 49.2 Å². The molecule has 3 aliphatic heterocycles. The van der Waals surface area contributed by atoms with E-state index in [1.54, 1.807) is 29.6 Å². The van der Waals surface area contributed by atoms with E-state index in [4.69, 9.17) is 40.1 Å². The zero-order valence-electron chi connectivity index (χ0n) is 51.7. The van der Waals surface area contributed by atoms with Gasteiger partial charge in [-0.15, -0.1) is 11.3 Å². The van der Waals surface area contributed by atoms with Gasteiger partial charge in [-0.2, -0.15) is 0 Å². The van der Waals surface area contributed by atoms with Crippen molar-refractivity contribution in [2.75, 3.05) is 59.0 Å². The molecule has 1 aromatic heterocycles. The minimum atomic E-state index is -1.66. The predicted molar refractivity (Wildman–Crippen MR) is 340 cm³/mol. The third-order valence-electron chi connectivity index (χ3n) is 16.8. The first kappa shape index (κ1) is 72.4. The summed E-state index contributed by atoms with van der Waals surface area (Å²) in [7, 11) is 0. The minimum absolute atomic E-state index is 0.0000667. The molecule has 0 radical (unpaired) electrons. The number of amides is 9. The number of carbonyl (C=O) groups is 10. The number of benzene rings is 1. The number of nitrogens with one attached hydrogen (secondary N) is 5. The quantitative estimate of drug-likeness (QED) is 0.0177. The standard InChI is InChI=1S/C59H91N19O13S/c60-38(15-6-21-67-57(61)62)49(83)72-39(16-7-22-68-58(63)64)54(88)76-24-9-19-44(76)55(89)77-31-36(80)28-45(77)51(85)70-30-47(81)71-41(29-37-14-10-26-92-37)50(84)74-42(33-79)53(87)75(25-20-34-11-2-1-3-12-34)32-48(82)78-43-18-5-4-13-35(43)27-46(78)52(86)73-40(56(90)91)17-8-23-69-59(65)66/h1-3,10-12,14,26,35-36,38-46,79-80H,4-9,13,15-25,27-33,60H2,(H,70,85)(H,71,81)(H,72,83)(H,73,86)(H,74,84)(H,90,91)(H4,61,62,67)(H4,63,64,68)(H4,65,66,69)/t35?,36-,38-,39+,40+,41+,42+,43?,44+,45+,46+/m1/s1. The lowest BCUT2D eigenvalue weighted by Crippen LogP contribution is -2.59. The van der Waals surface area contributed by atoms with Crippen molar-refractivity contribution >= 4 is 88.3 Å². The van der Waals surface area contributed by atoms with Crippen LogP contribution in [0, 0.1) is 5.92 Å². The van der Waals surface area contributed by atoms with E-state index in [-0.39, 0.29) is 133 Å². The molecule has 2 aromatic rings. The lowest BCUT2D eigenvalue weighted by Gasteiger charge is -2.36. The Hall–Kier alpha value is -8.69. The van der Waals surface area contributed by atoms with Crippen molar-refractivity contribution < 1.29 is 63.3 Å². The van der Waals surface area contributed by atoms with Crippen LogP contribution in [0.2, 0.25) is 0 Å². The Morgan fingerprint density at radius 1 is 0.674 bits per heavy atom. The van der Waals surface area contributed by atoms with Gasteiger partial charge in [0.1, 0.15) is 42.3 Å². The lowest BCUT2D eigenvalue weighted by atomic mass is 9.84. The van der Waals surface area contributed by atoms with Crippen LogP contribution in [-0.2, 0) is 60.8 Å². The number of aliphatic carboxylic acids is 1. The van der Waals surface area contributed by atoms with Crippen molar-refractivity contribution in [2.45, 2.75) is 163 Å². The molecule has 506 valence electrons. The number of carboxylic acid groups (broad SMARTS) is 1. The third kappa shape index (κ3) is 21.5. The Labute approximate surface area is 537 Å². The summed E-state index contributed by atoms with van der Waals surface area (Å²) in [6.45, 7) is -2.00. The second-order valence-corrected chi connectivity index (χ2v) is 24.6. The molecule has 2 unspecified atom stereocenters. The Morgan fingerprint density at radius 2 is 1.32 bits per heavy atom. The maximum Gasteiger partial charge on any atom is 0.326 e. The minimum Gasteiger partial charge on any atom is -0.480 e. The zero-order valence-corrected chi connectivity index (χ0v) is 52.5. The normalized spacial score (nSPS) is 20.8. The number of guanidine groups is 3. The molecule has 11 atom stereocenters. The van der Waals surface area contributed by atoms with Crippen LogP contribution >= 0.6 is 11.3 Å². The average Bonchev–Trinajstić information content (AvgIpc) is 1.63. The van der Waals surface area contributed by atoms with Crippen LogP contribution < -0.4 is 66.7 Å². The Bertz CT molecular complexity index is 2950. The van der Waals surface area contributed by atoms with E-state index in [0.717, 1.165) is 29.7 Å². The first-order valence-corrected chi connectivity index (χ1v) is 32.0. The van der Waals surface area contributed by atoms with E-state index in [1.807, 2.05) is 18.2 Å². The van der Waals surface area contributed by atoms with Crippen molar-refractivity contribution in [3.05, 3.63) is 58.3 Å². The number of carboxylic acids is 1.